The van der Waals surface area contributed by atoms with E-state index in [0.717, 1.165) is 0 Å². The number of nitrogen functional groups attached to an aromatic ring is 1. The maximum absolute atomic E-state index is 14.0. The first kappa shape index (κ1) is 32.6. The molecule has 1 aliphatic heterocycles. The van der Waals surface area contributed by atoms with Crippen molar-refractivity contribution in [3.8, 4) is 11.5 Å². The first-order valence-corrected chi connectivity index (χ1v) is 15.1. The first-order valence-electron chi connectivity index (χ1n) is 13.6. The number of nitrogens with one attached hydrogen (secondary N) is 1. The highest BCUT2D eigenvalue weighted by Crippen LogP contribution is 2.48. The summed E-state index contributed by atoms with van der Waals surface area (Å²) in [6.07, 6.45) is -0.759. The van der Waals surface area contributed by atoms with E-state index in [-0.39, 0.29) is 23.9 Å². The molecule has 0 aliphatic carbocycles. The van der Waals surface area contributed by atoms with Gasteiger partial charge < -0.3 is 39.4 Å². The Bertz CT molecular complexity index is 1450. The molecule has 5 atom stereocenters. The number of benzene rings is 1. The normalized spacial score (nSPS) is 24.1. The number of ether oxygens (including phenoxy) is 4. The largest absolute Gasteiger partial charge is 0.491 e. The molecule has 0 bridgehead atoms. The number of aromatic nitrogens is 3. The van der Waals surface area contributed by atoms with Gasteiger partial charge in [0.15, 0.2) is 11.4 Å². The molecular formula is C27H38N5O10P. The van der Waals surface area contributed by atoms with Gasteiger partial charge in [0.05, 0.1) is 31.6 Å². The zero-order chi connectivity index (χ0) is 31.4. The number of fused-ring (bicyclic) bond motifs is 1. The summed E-state index contributed by atoms with van der Waals surface area (Å²) in [4.78, 5) is 16.4. The third-order valence-electron chi connectivity index (χ3n) is 6.76. The minimum absolute atomic E-state index is 0.144. The molecule has 0 amide bonds. The minimum atomic E-state index is -4.33. The number of esters is 1. The lowest BCUT2D eigenvalue weighted by Gasteiger charge is -2.33. The molecule has 15 nitrogen and oxygen atoms in total. The Morgan fingerprint density at radius 1 is 1.21 bits per heavy atom. The fraction of sp³-hybridized carbons (Fsp3) is 0.519. The van der Waals surface area contributed by atoms with E-state index < -0.39 is 49.8 Å². The number of aliphatic hydroxyl groups excluding tert-OH is 1. The fourth-order valence-electron chi connectivity index (χ4n) is 4.46. The maximum atomic E-state index is 14.0. The van der Waals surface area contributed by atoms with Crippen molar-refractivity contribution in [3.63, 3.8) is 0 Å². The van der Waals surface area contributed by atoms with Gasteiger partial charge in [-0.3, -0.25) is 9.32 Å². The van der Waals surface area contributed by atoms with Crippen molar-refractivity contribution in [2.75, 3.05) is 39.3 Å². The van der Waals surface area contributed by atoms with E-state index in [1.165, 1.54) is 36.8 Å². The highest BCUT2D eigenvalue weighted by molar-refractivity contribution is 7.52. The van der Waals surface area contributed by atoms with Gasteiger partial charge in [-0.15, -0.1) is 0 Å². The van der Waals surface area contributed by atoms with Crippen molar-refractivity contribution >= 4 is 25.1 Å². The molecule has 5 N–H and O–H groups in total. The van der Waals surface area contributed by atoms with E-state index in [1.54, 1.807) is 45.2 Å². The average Bonchev–Trinajstić information content (AvgIpc) is 3.50. The number of carbonyl (C=O) groups excluding carboxylic acids is 1. The van der Waals surface area contributed by atoms with Crippen molar-refractivity contribution in [1.29, 1.82) is 0 Å². The number of nitrogens with two attached hydrogens (primary N) is 1. The van der Waals surface area contributed by atoms with Gasteiger partial charge >= 0.3 is 13.7 Å². The number of carbonyl (C=O) groups is 1. The van der Waals surface area contributed by atoms with Crippen LogP contribution >= 0.6 is 7.75 Å². The van der Waals surface area contributed by atoms with Crippen LogP contribution < -0.4 is 20.1 Å². The number of hydrogen-bond acceptors (Lipinski definition) is 13. The van der Waals surface area contributed by atoms with Crippen LogP contribution in [0.3, 0.4) is 0 Å². The van der Waals surface area contributed by atoms with Crippen LogP contribution in [0.25, 0.3) is 5.52 Å². The van der Waals surface area contributed by atoms with Crippen LogP contribution in [-0.2, 0) is 33.7 Å². The maximum Gasteiger partial charge on any atom is 0.459 e. The van der Waals surface area contributed by atoms with Crippen LogP contribution in [0.1, 0.15) is 33.4 Å². The predicted molar refractivity (Wildman–Crippen MR) is 153 cm³/mol. The lowest BCUT2D eigenvalue weighted by molar-refractivity contribution is -0.149. The van der Waals surface area contributed by atoms with E-state index in [4.69, 9.17) is 33.7 Å². The molecule has 3 heterocycles. The molecule has 0 spiro atoms. The molecule has 1 saturated heterocycles. The second kappa shape index (κ2) is 13.1. The van der Waals surface area contributed by atoms with E-state index in [1.807, 2.05) is 0 Å². The molecule has 3 aromatic rings. The monoisotopic (exact) mass is 623 g/mol. The van der Waals surface area contributed by atoms with Crippen LogP contribution in [0.15, 0.2) is 42.7 Å². The summed E-state index contributed by atoms with van der Waals surface area (Å²) in [5.74, 6) is 0.184. The number of anilines is 1. The molecule has 4 rings (SSSR count). The van der Waals surface area contributed by atoms with Crippen LogP contribution in [-0.4, -0.2) is 88.2 Å². The number of aliphatic hydroxyl groups is 2. The Morgan fingerprint density at radius 3 is 2.58 bits per heavy atom. The Kier molecular flexibility index (Phi) is 9.96. The summed E-state index contributed by atoms with van der Waals surface area (Å²) >= 11 is 0. The van der Waals surface area contributed by atoms with Gasteiger partial charge in [-0.25, -0.2) is 14.1 Å². The van der Waals surface area contributed by atoms with Gasteiger partial charge in [0.1, 0.15) is 47.7 Å². The van der Waals surface area contributed by atoms with Gasteiger partial charge in [0, 0.05) is 7.11 Å². The molecule has 0 saturated carbocycles. The fourth-order valence-corrected chi connectivity index (χ4v) is 6.04. The standard InChI is InChI=1S/C27H38N5O10P/c1-17(2)41-24(33)18(3)31-43(36,42-20-8-6-19(7-9-20)38-13-12-37-5)40-14-26(4)25(34)27(35,15-39-26)22-11-10-21-23(28)29-16-30-32(21)22/h6-11,16-18,25,34-35H,12-15H2,1-5H3,(H,31,36)(H2,28,29,30)/t18-,25+,26+,27+,43?/m0/s1. The molecule has 1 unspecified atom stereocenters. The van der Waals surface area contributed by atoms with E-state index in [9.17, 15) is 19.6 Å². The summed E-state index contributed by atoms with van der Waals surface area (Å²) in [6, 6.07) is 8.32. The summed E-state index contributed by atoms with van der Waals surface area (Å²) in [6.45, 7) is 6.19. The van der Waals surface area contributed by atoms with Crippen molar-refractivity contribution in [2.24, 2.45) is 0 Å². The molecule has 2 aromatic heterocycles. The Labute approximate surface area is 248 Å². The van der Waals surface area contributed by atoms with Crippen LogP contribution in [0.5, 0.6) is 11.5 Å². The lowest BCUT2D eigenvalue weighted by atomic mass is 9.86. The summed E-state index contributed by atoms with van der Waals surface area (Å²) in [5.41, 5.74) is 3.06. The summed E-state index contributed by atoms with van der Waals surface area (Å²) in [7, 11) is -2.77. The molecule has 1 aromatic carbocycles. The molecule has 236 valence electrons. The zero-order valence-corrected chi connectivity index (χ0v) is 25.5. The van der Waals surface area contributed by atoms with E-state index >= 15 is 0 Å². The van der Waals surface area contributed by atoms with Crippen LogP contribution in [0.2, 0.25) is 0 Å². The van der Waals surface area contributed by atoms with Gasteiger partial charge in [-0.05, 0) is 64.1 Å². The van der Waals surface area contributed by atoms with Gasteiger partial charge in [0.2, 0.25) is 0 Å². The minimum Gasteiger partial charge on any atom is -0.491 e. The topological polar surface area (TPSA) is 198 Å². The highest BCUT2D eigenvalue weighted by atomic mass is 31.2. The third kappa shape index (κ3) is 7.27. The lowest BCUT2D eigenvalue weighted by Crippen LogP contribution is -2.50. The number of hydrogen-bond donors (Lipinski definition) is 4. The first-order chi connectivity index (χ1) is 20.3. The Morgan fingerprint density at radius 2 is 1.91 bits per heavy atom. The average molecular weight is 624 g/mol. The molecule has 43 heavy (non-hydrogen) atoms. The molecule has 0 radical (unpaired) electrons. The quantitative estimate of drug-likeness (QED) is 0.115. The zero-order valence-electron chi connectivity index (χ0n) is 24.6. The van der Waals surface area contributed by atoms with E-state index in [0.29, 0.717) is 24.5 Å². The Balaban J connectivity index is 1.54. The Hall–Kier alpha value is -3.30. The summed E-state index contributed by atoms with van der Waals surface area (Å²) in [5, 5.41) is 29.6. The molecular weight excluding hydrogens is 585 g/mol. The number of rotatable bonds is 14. The van der Waals surface area contributed by atoms with Crippen molar-refractivity contribution in [3.05, 3.63) is 48.4 Å². The van der Waals surface area contributed by atoms with Crippen LogP contribution in [0, 0.1) is 0 Å². The summed E-state index contributed by atoms with van der Waals surface area (Å²) < 4.78 is 48.5. The number of nitrogens with zero attached hydrogens (tertiary/aromatic N) is 3. The van der Waals surface area contributed by atoms with E-state index in [2.05, 4.69) is 15.2 Å². The van der Waals surface area contributed by atoms with Crippen molar-refractivity contribution in [1.82, 2.24) is 19.7 Å². The van der Waals surface area contributed by atoms with Crippen LogP contribution in [0.4, 0.5) is 5.82 Å². The van der Waals surface area contributed by atoms with Gasteiger partial charge in [0.25, 0.3) is 0 Å². The van der Waals surface area contributed by atoms with Crippen molar-refractivity contribution in [2.45, 2.75) is 57.1 Å². The smallest absolute Gasteiger partial charge is 0.459 e. The predicted octanol–water partition coefficient (Wildman–Crippen LogP) is 1.81. The molecule has 1 aliphatic rings. The van der Waals surface area contributed by atoms with Gasteiger partial charge in [-0.2, -0.15) is 10.2 Å². The number of methoxy groups -OCH3 is 1. The highest BCUT2D eigenvalue weighted by Gasteiger charge is 2.58. The van der Waals surface area contributed by atoms with Gasteiger partial charge in [-0.1, -0.05) is 0 Å². The van der Waals surface area contributed by atoms with Crippen molar-refractivity contribution < 1.29 is 47.6 Å². The molecule has 16 heteroatoms. The third-order valence-corrected chi connectivity index (χ3v) is 8.39. The molecule has 1 fully saturated rings. The second-order valence-corrected chi connectivity index (χ2v) is 12.3. The second-order valence-electron chi connectivity index (χ2n) is 10.6. The SMILES string of the molecule is COCCOc1ccc(OP(=O)(N[C@@H](C)C(=O)OC(C)C)OC[C@@]2(C)OC[C@@](O)(c3ccc4c(N)ncnn34)[C@@H]2O)cc1.